The SMILES string of the molecule is COC(=O)NC(=S)Nc1ccccc1/N=C/c1ccc(Br)cc1. The molecule has 1 amide bonds. The number of carbonyl (C=O) groups is 1. The van der Waals surface area contributed by atoms with Crippen LogP contribution in [0.5, 0.6) is 0 Å². The van der Waals surface area contributed by atoms with E-state index in [9.17, 15) is 4.79 Å². The molecule has 2 N–H and O–H groups in total. The van der Waals surface area contributed by atoms with E-state index in [2.05, 4.69) is 36.3 Å². The molecule has 0 saturated heterocycles. The molecule has 0 fully saturated rings. The second-order valence-electron chi connectivity index (χ2n) is 4.40. The predicted octanol–water partition coefficient (Wildman–Crippen LogP) is 4.25. The van der Waals surface area contributed by atoms with E-state index in [-0.39, 0.29) is 5.11 Å². The van der Waals surface area contributed by atoms with Crippen molar-refractivity contribution >= 4 is 56.9 Å². The van der Waals surface area contributed by atoms with Gasteiger partial charge in [-0.1, -0.05) is 40.2 Å². The Balaban J connectivity index is 2.12. The second kappa shape index (κ2) is 8.40. The van der Waals surface area contributed by atoms with Crippen molar-refractivity contribution in [1.29, 1.82) is 0 Å². The summed E-state index contributed by atoms with van der Waals surface area (Å²) in [7, 11) is 1.27. The third-order valence-electron chi connectivity index (χ3n) is 2.78. The molecule has 0 unspecified atom stereocenters. The van der Waals surface area contributed by atoms with Crippen molar-refractivity contribution in [3.05, 3.63) is 58.6 Å². The van der Waals surface area contributed by atoms with Crippen molar-refractivity contribution in [3.8, 4) is 0 Å². The van der Waals surface area contributed by atoms with Gasteiger partial charge in [-0.15, -0.1) is 0 Å². The molecule has 23 heavy (non-hydrogen) atoms. The van der Waals surface area contributed by atoms with Gasteiger partial charge in [0.15, 0.2) is 5.11 Å². The highest BCUT2D eigenvalue weighted by molar-refractivity contribution is 9.10. The van der Waals surface area contributed by atoms with E-state index in [4.69, 9.17) is 12.2 Å². The zero-order valence-corrected chi connectivity index (χ0v) is 14.6. The van der Waals surface area contributed by atoms with Gasteiger partial charge in [0.1, 0.15) is 0 Å². The Hall–Kier alpha value is -2.25. The molecular formula is C16H14BrN3O2S. The monoisotopic (exact) mass is 391 g/mol. The normalized spacial score (nSPS) is 10.3. The first-order valence-electron chi connectivity index (χ1n) is 6.63. The number of alkyl carbamates (subject to hydrolysis) is 1. The first kappa shape index (κ1) is 17.1. The number of amides is 1. The number of para-hydroxylation sites is 2. The smallest absolute Gasteiger partial charge is 0.413 e. The number of halogens is 1. The van der Waals surface area contributed by atoms with Crippen molar-refractivity contribution in [2.45, 2.75) is 0 Å². The Bertz CT molecular complexity index is 732. The third-order valence-corrected chi connectivity index (χ3v) is 3.51. The minimum absolute atomic E-state index is 0.142. The molecule has 7 heteroatoms. The second-order valence-corrected chi connectivity index (χ2v) is 5.72. The number of hydrogen-bond acceptors (Lipinski definition) is 4. The van der Waals surface area contributed by atoms with Crippen LogP contribution in [0.25, 0.3) is 0 Å². The first-order chi connectivity index (χ1) is 11.1. The summed E-state index contributed by atoms with van der Waals surface area (Å²) in [5.41, 5.74) is 2.35. The topological polar surface area (TPSA) is 62.7 Å². The molecule has 0 atom stereocenters. The molecule has 0 aliphatic heterocycles. The number of benzene rings is 2. The maximum Gasteiger partial charge on any atom is 0.413 e. The third kappa shape index (κ3) is 5.46. The van der Waals surface area contributed by atoms with Crippen LogP contribution in [0, 0.1) is 0 Å². The molecule has 0 aliphatic rings. The highest BCUT2D eigenvalue weighted by Gasteiger charge is 2.06. The largest absolute Gasteiger partial charge is 0.453 e. The molecule has 0 bridgehead atoms. The number of nitrogens with zero attached hydrogens (tertiary/aromatic N) is 1. The Kier molecular flexibility index (Phi) is 6.25. The summed E-state index contributed by atoms with van der Waals surface area (Å²) in [6.45, 7) is 0. The molecule has 0 radical (unpaired) electrons. The van der Waals surface area contributed by atoms with Gasteiger partial charge in [0.2, 0.25) is 0 Å². The number of ether oxygens (including phenoxy) is 1. The Morgan fingerprint density at radius 3 is 2.61 bits per heavy atom. The van der Waals surface area contributed by atoms with E-state index in [0.717, 1.165) is 10.0 Å². The Labute approximate surface area is 147 Å². The number of anilines is 1. The summed E-state index contributed by atoms with van der Waals surface area (Å²) in [5, 5.41) is 5.45. The Morgan fingerprint density at radius 2 is 1.91 bits per heavy atom. The molecule has 0 heterocycles. The van der Waals surface area contributed by atoms with Gasteiger partial charge in [-0.25, -0.2) is 4.79 Å². The van der Waals surface area contributed by atoms with Gasteiger partial charge >= 0.3 is 6.09 Å². The van der Waals surface area contributed by atoms with Crippen molar-refractivity contribution in [2.24, 2.45) is 4.99 Å². The van der Waals surface area contributed by atoms with Gasteiger partial charge in [0.25, 0.3) is 0 Å². The fourth-order valence-corrected chi connectivity index (χ4v) is 2.14. The van der Waals surface area contributed by atoms with Crippen LogP contribution in [0.15, 0.2) is 58.0 Å². The predicted molar refractivity (Wildman–Crippen MR) is 99.6 cm³/mol. The fourth-order valence-electron chi connectivity index (χ4n) is 1.68. The number of nitrogens with one attached hydrogen (secondary N) is 2. The molecule has 0 aliphatic carbocycles. The molecular weight excluding hydrogens is 378 g/mol. The minimum atomic E-state index is -0.627. The number of rotatable bonds is 3. The zero-order chi connectivity index (χ0) is 16.7. The summed E-state index contributed by atoms with van der Waals surface area (Å²) in [6, 6.07) is 15.2. The summed E-state index contributed by atoms with van der Waals surface area (Å²) >= 11 is 8.44. The van der Waals surface area contributed by atoms with E-state index >= 15 is 0 Å². The van der Waals surface area contributed by atoms with Crippen LogP contribution in [0.2, 0.25) is 0 Å². The summed E-state index contributed by atoms with van der Waals surface area (Å²) in [6.07, 6.45) is 1.13. The van der Waals surface area contributed by atoms with Crippen molar-refractivity contribution in [1.82, 2.24) is 5.32 Å². The highest BCUT2D eigenvalue weighted by atomic mass is 79.9. The lowest BCUT2D eigenvalue weighted by atomic mass is 10.2. The van der Waals surface area contributed by atoms with Crippen LogP contribution in [0.1, 0.15) is 5.56 Å². The van der Waals surface area contributed by atoms with Crippen LogP contribution in [0.3, 0.4) is 0 Å². The van der Waals surface area contributed by atoms with Gasteiger partial charge in [-0.3, -0.25) is 10.3 Å². The maximum absolute atomic E-state index is 11.1. The van der Waals surface area contributed by atoms with Gasteiger partial charge in [0.05, 0.1) is 18.5 Å². The van der Waals surface area contributed by atoms with Crippen LogP contribution in [0.4, 0.5) is 16.2 Å². The zero-order valence-electron chi connectivity index (χ0n) is 12.2. The number of methoxy groups -OCH3 is 1. The molecule has 2 aromatic carbocycles. The lowest BCUT2D eigenvalue weighted by molar-refractivity contribution is 0.177. The average Bonchev–Trinajstić information content (AvgIpc) is 2.55. The van der Waals surface area contributed by atoms with Crippen molar-refractivity contribution < 1.29 is 9.53 Å². The van der Waals surface area contributed by atoms with E-state index in [1.807, 2.05) is 48.5 Å². The number of thiocarbonyl (C=S) groups is 1. The molecule has 0 spiro atoms. The van der Waals surface area contributed by atoms with Gasteiger partial charge in [0, 0.05) is 10.7 Å². The average molecular weight is 392 g/mol. The molecule has 118 valence electrons. The number of carbonyl (C=O) groups excluding carboxylic acids is 1. The van der Waals surface area contributed by atoms with Gasteiger partial charge in [-0.2, -0.15) is 0 Å². The van der Waals surface area contributed by atoms with E-state index in [1.54, 1.807) is 6.21 Å². The van der Waals surface area contributed by atoms with Crippen LogP contribution in [-0.2, 0) is 4.74 Å². The molecule has 2 rings (SSSR count). The lowest BCUT2D eigenvalue weighted by Gasteiger charge is -2.10. The van der Waals surface area contributed by atoms with E-state index in [0.29, 0.717) is 11.4 Å². The summed E-state index contributed by atoms with van der Waals surface area (Å²) in [5.74, 6) is 0. The number of aliphatic imine (C=N–C) groups is 1. The van der Waals surface area contributed by atoms with Crippen LogP contribution in [-0.4, -0.2) is 24.5 Å². The molecule has 2 aromatic rings. The molecule has 5 nitrogen and oxygen atoms in total. The first-order valence-corrected chi connectivity index (χ1v) is 7.83. The highest BCUT2D eigenvalue weighted by Crippen LogP contribution is 2.24. The van der Waals surface area contributed by atoms with E-state index in [1.165, 1.54) is 7.11 Å². The molecule has 0 aromatic heterocycles. The fraction of sp³-hybridized carbons (Fsp3) is 0.0625. The van der Waals surface area contributed by atoms with Gasteiger partial charge < -0.3 is 10.1 Å². The summed E-state index contributed by atoms with van der Waals surface area (Å²) < 4.78 is 5.50. The minimum Gasteiger partial charge on any atom is -0.453 e. The lowest BCUT2D eigenvalue weighted by Crippen LogP contribution is -2.33. The quantitative estimate of drug-likeness (QED) is 0.606. The van der Waals surface area contributed by atoms with Crippen molar-refractivity contribution in [3.63, 3.8) is 0 Å². The molecule has 0 saturated carbocycles. The number of hydrogen-bond donors (Lipinski definition) is 2. The summed E-state index contributed by atoms with van der Waals surface area (Å²) in [4.78, 5) is 15.6. The van der Waals surface area contributed by atoms with Crippen LogP contribution < -0.4 is 10.6 Å². The maximum atomic E-state index is 11.1. The van der Waals surface area contributed by atoms with E-state index < -0.39 is 6.09 Å². The van der Waals surface area contributed by atoms with Gasteiger partial charge in [-0.05, 0) is 42.0 Å². The van der Waals surface area contributed by atoms with Crippen molar-refractivity contribution in [2.75, 3.05) is 12.4 Å². The van der Waals surface area contributed by atoms with Crippen LogP contribution >= 0.6 is 28.1 Å². The Morgan fingerprint density at radius 1 is 1.22 bits per heavy atom. The standard InChI is InChI=1S/C16H14BrN3O2S/c1-22-16(21)20-15(23)19-14-5-3-2-4-13(14)18-10-11-6-8-12(17)9-7-11/h2-10H,1H3,(H2,19,20,21,23)/b18-10+.